The Morgan fingerprint density at radius 2 is 1.70 bits per heavy atom. The second-order valence-corrected chi connectivity index (χ2v) is 7.37. The number of benzene rings is 2. The largest absolute Gasteiger partial charge is 0.457 e. The molecule has 1 N–H and O–H groups in total. The number of para-hydroxylation sites is 1. The van der Waals surface area contributed by atoms with E-state index in [0.29, 0.717) is 11.1 Å². The quantitative estimate of drug-likeness (QED) is 0.710. The summed E-state index contributed by atoms with van der Waals surface area (Å²) in [6.07, 6.45) is 5.03. The number of aromatic amines is 1. The molecule has 4 nitrogen and oxygen atoms in total. The summed E-state index contributed by atoms with van der Waals surface area (Å²) in [5, 5.41) is 0.693. The molecule has 27 heavy (non-hydrogen) atoms. The van der Waals surface area contributed by atoms with Gasteiger partial charge in [-0.2, -0.15) is 0 Å². The number of likely N-dealkylation sites (tertiary alicyclic amines) is 1. The number of aryl methyl sites for hydroxylation is 1. The summed E-state index contributed by atoms with van der Waals surface area (Å²) in [6.45, 7) is 4.88. The van der Waals surface area contributed by atoms with Crippen molar-refractivity contribution in [2.45, 2.75) is 39.2 Å². The van der Waals surface area contributed by atoms with Gasteiger partial charge in [0.15, 0.2) is 5.43 Å². The molecule has 1 aliphatic heterocycles. The van der Waals surface area contributed by atoms with Gasteiger partial charge in [-0.05, 0) is 63.2 Å². The highest BCUT2D eigenvalue weighted by Crippen LogP contribution is 2.24. The van der Waals surface area contributed by atoms with Crippen molar-refractivity contribution in [3.05, 3.63) is 70.0 Å². The van der Waals surface area contributed by atoms with E-state index in [1.807, 2.05) is 55.5 Å². The smallest absolute Gasteiger partial charge is 0.194 e. The fraction of sp³-hybridized carbons (Fsp3) is 0.348. The van der Waals surface area contributed by atoms with Gasteiger partial charge in [0.25, 0.3) is 0 Å². The fourth-order valence-corrected chi connectivity index (χ4v) is 3.83. The van der Waals surface area contributed by atoms with Crippen LogP contribution in [0.15, 0.2) is 53.3 Å². The van der Waals surface area contributed by atoms with Gasteiger partial charge < -0.3 is 9.72 Å². The normalized spacial score (nSPS) is 15.6. The summed E-state index contributed by atoms with van der Waals surface area (Å²) >= 11 is 0. The van der Waals surface area contributed by atoms with Crippen molar-refractivity contribution in [3.8, 4) is 11.5 Å². The van der Waals surface area contributed by atoms with Crippen molar-refractivity contribution in [1.29, 1.82) is 0 Å². The molecule has 2 aromatic carbocycles. The number of hydrogen-bond acceptors (Lipinski definition) is 3. The zero-order valence-electron chi connectivity index (χ0n) is 15.8. The Kier molecular flexibility index (Phi) is 5.26. The molecule has 0 atom stereocenters. The summed E-state index contributed by atoms with van der Waals surface area (Å²) in [4.78, 5) is 19.0. The molecule has 4 heteroatoms. The zero-order valence-corrected chi connectivity index (χ0v) is 15.8. The van der Waals surface area contributed by atoms with E-state index in [1.54, 1.807) is 0 Å². The predicted molar refractivity (Wildman–Crippen MR) is 110 cm³/mol. The Morgan fingerprint density at radius 3 is 2.44 bits per heavy atom. The minimum absolute atomic E-state index is 0.115. The highest BCUT2D eigenvalue weighted by Gasteiger charge is 2.15. The maximum atomic E-state index is 13.2. The van der Waals surface area contributed by atoms with E-state index < -0.39 is 0 Å². The summed E-state index contributed by atoms with van der Waals surface area (Å²) in [7, 11) is 0. The molecule has 1 saturated heterocycles. The highest BCUT2D eigenvalue weighted by atomic mass is 16.5. The van der Waals surface area contributed by atoms with Crippen molar-refractivity contribution in [2.24, 2.45) is 0 Å². The number of ether oxygens (including phenoxy) is 1. The van der Waals surface area contributed by atoms with E-state index in [9.17, 15) is 4.79 Å². The standard InChI is InChI=1S/C23H26N2O2/c1-17-21(16-25-13-7-2-3-8-14-25)23(26)20-15-19(11-12-22(20)24-17)27-18-9-5-4-6-10-18/h4-6,9-12,15H,2-3,7-8,13-14,16H2,1H3,(H,24,26). The van der Waals surface area contributed by atoms with E-state index in [0.717, 1.165) is 42.2 Å². The SMILES string of the molecule is Cc1[nH]c2ccc(Oc3ccccc3)cc2c(=O)c1CN1CCCCCC1. The van der Waals surface area contributed by atoms with Crippen molar-refractivity contribution in [1.82, 2.24) is 9.88 Å². The number of aromatic nitrogens is 1. The van der Waals surface area contributed by atoms with E-state index in [2.05, 4.69) is 9.88 Å². The fourth-order valence-electron chi connectivity index (χ4n) is 3.83. The maximum Gasteiger partial charge on any atom is 0.194 e. The van der Waals surface area contributed by atoms with Crippen LogP contribution in [0.5, 0.6) is 11.5 Å². The van der Waals surface area contributed by atoms with E-state index >= 15 is 0 Å². The number of nitrogens with one attached hydrogen (secondary N) is 1. The molecule has 0 saturated carbocycles. The van der Waals surface area contributed by atoms with Gasteiger partial charge in [-0.15, -0.1) is 0 Å². The molecule has 3 aromatic rings. The Hall–Kier alpha value is -2.59. The molecular formula is C23H26N2O2. The first-order valence-corrected chi connectivity index (χ1v) is 9.81. The number of hydrogen-bond donors (Lipinski definition) is 1. The van der Waals surface area contributed by atoms with Crippen LogP contribution in [-0.2, 0) is 6.54 Å². The average molecular weight is 362 g/mol. The minimum Gasteiger partial charge on any atom is -0.457 e. The number of fused-ring (bicyclic) bond motifs is 1. The molecule has 0 amide bonds. The number of rotatable bonds is 4. The predicted octanol–water partition coefficient (Wildman–Crippen LogP) is 5.00. The lowest BCUT2D eigenvalue weighted by Crippen LogP contribution is -2.28. The molecule has 1 fully saturated rings. The topological polar surface area (TPSA) is 45.3 Å². The van der Waals surface area contributed by atoms with E-state index in [-0.39, 0.29) is 5.43 Å². The van der Waals surface area contributed by atoms with Crippen molar-refractivity contribution in [3.63, 3.8) is 0 Å². The van der Waals surface area contributed by atoms with E-state index in [4.69, 9.17) is 4.74 Å². The van der Waals surface area contributed by atoms with Gasteiger partial charge in [0.05, 0.1) is 0 Å². The van der Waals surface area contributed by atoms with Gasteiger partial charge in [0, 0.05) is 28.7 Å². The first-order chi connectivity index (χ1) is 13.2. The molecule has 2 heterocycles. The van der Waals surface area contributed by atoms with Crippen LogP contribution in [-0.4, -0.2) is 23.0 Å². The number of pyridine rings is 1. The molecule has 0 aliphatic carbocycles. The van der Waals surface area contributed by atoms with Crippen LogP contribution >= 0.6 is 0 Å². The first kappa shape index (κ1) is 17.8. The van der Waals surface area contributed by atoms with Gasteiger partial charge in [0.1, 0.15) is 11.5 Å². The zero-order chi connectivity index (χ0) is 18.6. The average Bonchev–Trinajstić information content (AvgIpc) is 2.95. The molecule has 0 spiro atoms. The molecule has 4 rings (SSSR count). The molecule has 0 bridgehead atoms. The third-order valence-electron chi connectivity index (χ3n) is 5.34. The van der Waals surface area contributed by atoms with Crippen LogP contribution in [0.2, 0.25) is 0 Å². The van der Waals surface area contributed by atoms with Gasteiger partial charge in [-0.25, -0.2) is 0 Å². The summed E-state index contributed by atoms with van der Waals surface area (Å²) in [5.74, 6) is 1.45. The van der Waals surface area contributed by atoms with Gasteiger partial charge in [0.2, 0.25) is 0 Å². The monoisotopic (exact) mass is 362 g/mol. The number of H-pyrrole nitrogens is 1. The highest BCUT2D eigenvalue weighted by molar-refractivity contribution is 5.81. The lowest BCUT2D eigenvalue weighted by molar-refractivity contribution is 0.275. The minimum atomic E-state index is 0.115. The molecule has 1 aliphatic rings. The van der Waals surface area contributed by atoms with Crippen molar-refractivity contribution in [2.75, 3.05) is 13.1 Å². The van der Waals surface area contributed by atoms with Crippen LogP contribution in [0.1, 0.15) is 36.9 Å². The third kappa shape index (κ3) is 4.06. The van der Waals surface area contributed by atoms with Crippen LogP contribution in [0, 0.1) is 6.92 Å². The Morgan fingerprint density at radius 1 is 0.963 bits per heavy atom. The Labute approximate surface area is 159 Å². The molecular weight excluding hydrogens is 336 g/mol. The summed E-state index contributed by atoms with van der Waals surface area (Å²) < 4.78 is 5.91. The van der Waals surface area contributed by atoms with E-state index in [1.165, 1.54) is 25.7 Å². The van der Waals surface area contributed by atoms with Gasteiger partial charge in [-0.1, -0.05) is 31.0 Å². The Bertz CT molecular complexity index is 971. The van der Waals surface area contributed by atoms with Crippen LogP contribution < -0.4 is 10.2 Å². The summed E-state index contributed by atoms with van der Waals surface area (Å²) in [5.41, 5.74) is 2.82. The molecule has 140 valence electrons. The number of nitrogens with zero attached hydrogens (tertiary/aromatic N) is 1. The Balaban J connectivity index is 1.67. The molecule has 0 unspecified atom stereocenters. The van der Waals surface area contributed by atoms with Gasteiger partial charge >= 0.3 is 0 Å². The second kappa shape index (κ2) is 7.97. The second-order valence-electron chi connectivity index (χ2n) is 7.37. The lowest BCUT2D eigenvalue weighted by Gasteiger charge is -2.20. The van der Waals surface area contributed by atoms with Crippen LogP contribution in [0.3, 0.4) is 0 Å². The lowest BCUT2D eigenvalue weighted by atomic mass is 10.1. The van der Waals surface area contributed by atoms with Crippen LogP contribution in [0.4, 0.5) is 0 Å². The van der Waals surface area contributed by atoms with Crippen LogP contribution in [0.25, 0.3) is 10.9 Å². The van der Waals surface area contributed by atoms with Crippen molar-refractivity contribution >= 4 is 10.9 Å². The van der Waals surface area contributed by atoms with Crippen molar-refractivity contribution < 1.29 is 4.74 Å². The summed E-state index contributed by atoms with van der Waals surface area (Å²) in [6, 6.07) is 15.3. The maximum absolute atomic E-state index is 13.2. The third-order valence-corrected chi connectivity index (χ3v) is 5.34. The first-order valence-electron chi connectivity index (χ1n) is 9.81. The van der Waals surface area contributed by atoms with Gasteiger partial charge in [-0.3, -0.25) is 9.69 Å². The molecule has 0 radical (unpaired) electrons. The molecule has 1 aromatic heterocycles.